The summed E-state index contributed by atoms with van der Waals surface area (Å²) in [5, 5.41) is 1.31. The number of hydrogen-bond acceptors (Lipinski definition) is 11. The summed E-state index contributed by atoms with van der Waals surface area (Å²) in [5.41, 5.74) is 5.83. The van der Waals surface area contributed by atoms with Crippen LogP contribution < -0.4 is 14.2 Å². The van der Waals surface area contributed by atoms with Crippen molar-refractivity contribution in [2.75, 3.05) is 34.0 Å². The fourth-order valence-corrected chi connectivity index (χ4v) is 9.31. The highest BCUT2D eigenvalue weighted by Gasteiger charge is 2.18. The van der Waals surface area contributed by atoms with Crippen LogP contribution in [0.15, 0.2) is 174 Å². The molecule has 93 heavy (non-hydrogen) atoms. The van der Waals surface area contributed by atoms with Crippen LogP contribution in [0.3, 0.4) is 0 Å². The molecule has 6 aromatic carbocycles. The van der Waals surface area contributed by atoms with Gasteiger partial charge in [-0.1, -0.05) is 146 Å². The summed E-state index contributed by atoms with van der Waals surface area (Å²) in [4.78, 5) is 0. The third-order valence-electron chi connectivity index (χ3n) is 14.3. The fraction of sp³-hybridized carbons (Fsp3) is 0.500. The summed E-state index contributed by atoms with van der Waals surface area (Å²) < 4.78 is 59.7. The molecule has 9 rings (SSSR count). The van der Waals surface area contributed by atoms with Gasteiger partial charge in [0.2, 0.25) is 0 Å². The van der Waals surface area contributed by atoms with Gasteiger partial charge in [-0.2, -0.15) is 0 Å². The molecule has 2 fully saturated rings. The third kappa shape index (κ3) is 39.1. The third-order valence-corrected chi connectivity index (χ3v) is 14.9. The van der Waals surface area contributed by atoms with E-state index in [9.17, 15) is 0 Å². The molecule has 1 aromatic heterocycles. The molecule has 7 aromatic rings. The van der Waals surface area contributed by atoms with Crippen molar-refractivity contribution in [3.63, 3.8) is 0 Å². The number of rotatable bonds is 27. The van der Waals surface area contributed by atoms with Gasteiger partial charge in [-0.25, -0.2) is 0 Å². The lowest BCUT2D eigenvalue weighted by Crippen LogP contribution is -2.19. The van der Waals surface area contributed by atoms with Crippen LogP contribution in [0.2, 0.25) is 10.0 Å². The minimum absolute atomic E-state index is 0.215. The Bertz CT molecular complexity index is 2830. The Labute approximate surface area is 571 Å². The highest BCUT2D eigenvalue weighted by atomic mass is 35.5. The first-order valence-electron chi connectivity index (χ1n) is 33.5. The molecule has 13 heteroatoms. The highest BCUT2D eigenvalue weighted by molar-refractivity contribution is 6.35. The zero-order valence-electron chi connectivity index (χ0n) is 59.1. The number of furan rings is 1. The number of hydrogen-bond donors (Lipinski definition) is 0. The van der Waals surface area contributed by atoms with Crippen molar-refractivity contribution in [2.24, 2.45) is 11.8 Å². The van der Waals surface area contributed by atoms with Gasteiger partial charge in [0.1, 0.15) is 23.9 Å². The molecule has 2 aliphatic rings. The van der Waals surface area contributed by atoms with Gasteiger partial charge in [0.15, 0.2) is 11.5 Å². The first kappa shape index (κ1) is 81.5. The van der Waals surface area contributed by atoms with Gasteiger partial charge in [-0.3, -0.25) is 0 Å². The normalized spacial score (nSPS) is 12.8. The summed E-state index contributed by atoms with van der Waals surface area (Å²) >= 11 is 11.7. The van der Waals surface area contributed by atoms with Crippen LogP contribution >= 0.6 is 23.2 Å². The summed E-state index contributed by atoms with van der Waals surface area (Å²) in [5.74, 6) is 6.14. The number of halogens is 2. The molecule has 0 radical (unpaired) electrons. The zero-order valence-corrected chi connectivity index (χ0v) is 60.6. The zero-order chi connectivity index (χ0) is 68.2. The lowest BCUT2D eigenvalue weighted by atomic mass is 9.86. The number of methoxy groups -OCH3 is 2. The van der Waals surface area contributed by atoms with E-state index < -0.39 is 0 Å². The summed E-state index contributed by atoms with van der Waals surface area (Å²) in [7, 11) is 3.26. The minimum atomic E-state index is 0.215. The lowest BCUT2D eigenvalue weighted by Gasteiger charge is -2.25. The molecule has 0 aliphatic heterocycles. The van der Waals surface area contributed by atoms with E-state index in [4.69, 9.17) is 75.0 Å². The Balaban J connectivity index is 0.000000287. The van der Waals surface area contributed by atoms with Crippen LogP contribution in [0.25, 0.3) is 0 Å². The van der Waals surface area contributed by atoms with E-state index in [0.29, 0.717) is 54.6 Å². The monoisotopic (exact) mass is 1320 g/mol. The van der Waals surface area contributed by atoms with Crippen LogP contribution in [-0.2, 0) is 59.6 Å². The van der Waals surface area contributed by atoms with Crippen molar-refractivity contribution in [3.05, 3.63) is 214 Å². The lowest BCUT2D eigenvalue weighted by molar-refractivity contribution is 0.0298. The van der Waals surface area contributed by atoms with E-state index >= 15 is 0 Å². The van der Waals surface area contributed by atoms with Crippen molar-refractivity contribution < 1.29 is 51.8 Å². The van der Waals surface area contributed by atoms with Crippen LogP contribution in [0, 0.1) is 11.8 Å². The first-order valence-corrected chi connectivity index (χ1v) is 34.3. The molecule has 0 saturated heterocycles. The van der Waals surface area contributed by atoms with Crippen LogP contribution in [-0.4, -0.2) is 76.8 Å². The van der Waals surface area contributed by atoms with Crippen LogP contribution in [0.5, 0.6) is 23.0 Å². The Kier molecular flexibility index (Phi) is 42.9. The molecule has 0 atom stereocenters. The number of ether oxygens (including phenoxy) is 10. The van der Waals surface area contributed by atoms with E-state index in [2.05, 4.69) is 102 Å². The second kappa shape index (κ2) is 48.9. The van der Waals surface area contributed by atoms with E-state index in [1.807, 2.05) is 152 Å². The van der Waals surface area contributed by atoms with E-state index in [0.717, 1.165) is 77.1 Å². The van der Waals surface area contributed by atoms with Crippen molar-refractivity contribution in [3.8, 4) is 23.0 Å². The quantitative estimate of drug-likeness (QED) is 0.0491. The molecule has 0 spiro atoms. The SMILES string of the molecule is CC(C)OCC(c1ccccc1)c1ccccc1.CC(C)OCC1CCC1.CC(C)OCC1CCCC1.CC(C)OCc1ccc(Cl)cc1Cl.CC(C)OCc1ccc(Oc2ccccc2)cc1.CC(C)OCc1ccco1.COc1ccc(COC(C)C)cc1OC. The maximum Gasteiger partial charge on any atom is 0.161 e. The molecule has 2 saturated carbocycles. The second-order valence-electron chi connectivity index (χ2n) is 25.0. The Hall–Kier alpha value is -5.70. The molecule has 0 unspecified atom stereocenters. The van der Waals surface area contributed by atoms with Gasteiger partial charge < -0.3 is 51.8 Å². The minimum Gasteiger partial charge on any atom is -0.493 e. The second-order valence-corrected chi connectivity index (χ2v) is 25.8. The smallest absolute Gasteiger partial charge is 0.161 e. The molecule has 2 aliphatic carbocycles. The highest BCUT2D eigenvalue weighted by Crippen LogP contribution is 2.30. The molecule has 0 N–H and O–H groups in total. The van der Waals surface area contributed by atoms with Gasteiger partial charge in [-0.05, 0) is 223 Å². The van der Waals surface area contributed by atoms with Gasteiger partial charge in [0.25, 0.3) is 0 Å². The molecule has 11 nitrogen and oxygen atoms in total. The van der Waals surface area contributed by atoms with E-state index in [1.54, 1.807) is 26.5 Å². The molecule has 0 amide bonds. The topological polar surface area (TPSA) is 105 Å². The average molecular weight is 1320 g/mol. The molecular weight excluding hydrogens is 1210 g/mol. The standard InChI is InChI=1S/C17H20O.C16H18O2.C12H18O3.C10H12Cl2O.C9H18O.C8H12O2.C8H16O/c1-14(2)18-13-17(15-9-5-3-6-10-15)16-11-7-4-8-12-16;1-13(2)17-12-14-8-10-16(11-9-14)18-15-6-4-3-5-7-15;1-9(2)15-8-10-5-6-11(13-3)12(7-10)14-4;1-7(2)13-6-8-3-4-9(11)5-10(8)12;1-8(2)10-7-9-5-3-4-6-9;1-7(2)10-6-8-4-3-5-9-8;1-7(2)9-6-8-4-3-5-8/h3-12,14,17H,13H2,1-2H3;3-11,13H,12H2,1-2H3;5-7,9H,8H2,1-4H3;3-5,7H,6H2,1-2H3;8-9H,3-7H2,1-2H3;3-5,7H,6H2,1-2H3;7-8H,3-6H2,1-2H3. The number of para-hydroxylation sites is 1. The van der Waals surface area contributed by atoms with Gasteiger partial charge >= 0.3 is 0 Å². The maximum absolute atomic E-state index is 5.95. The van der Waals surface area contributed by atoms with Gasteiger partial charge in [0.05, 0.1) is 89.6 Å². The van der Waals surface area contributed by atoms with E-state index in [-0.39, 0.29) is 30.5 Å². The predicted molar refractivity (Wildman–Crippen MR) is 385 cm³/mol. The first-order chi connectivity index (χ1) is 44.6. The van der Waals surface area contributed by atoms with Crippen molar-refractivity contribution >= 4 is 23.2 Å². The Morgan fingerprint density at radius 2 is 0.839 bits per heavy atom. The largest absolute Gasteiger partial charge is 0.493 e. The Morgan fingerprint density at radius 3 is 1.28 bits per heavy atom. The fourth-order valence-electron chi connectivity index (χ4n) is 8.85. The van der Waals surface area contributed by atoms with Crippen LogP contribution in [0.4, 0.5) is 0 Å². The molecule has 1 heterocycles. The van der Waals surface area contributed by atoms with Crippen molar-refractivity contribution in [1.82, 2.24) is 0 Å². The van der Waals surface area contributed by atoms with Gasteiger partial charge in [-0.15, -0.1) is 0 Å². The Morgan fingerprint density at radius 1 is 0.398 bits per heavy atom. The molecular formula is C80H114Cl2O11. The van der Waals surface area contributed by atoms with E-state index in [1.165, 1.54) is 56.1 Å². The van der Waals surface area contributed by atoms with Crippen molar-refractivity contribution in [2.45, 2.75) is 217 Å². The summed E-state index contributed by atoms with van der Waals surface area (Å²) in [6, 6.07) is 53.8. The number of benzene rings is 6. The molecule has 514 valence electrons. The predicted octanol–water partition coefficient (Wildman–Crippen LogP) is 22.2. The molecule has 0 bridgehead atoms. The van der Waals surface area contributed by atoms with Gasteiger partial charge in [0, 0.05) is 29.2 Å². The maximum atomic E-state index is 5.95. The van der Waals surface area contributed by atoms with Crippen LogP contribution in [0.1, 0.15) is 181 Å². The summed E-state index contributed by atoms with van der Waals surface area (Å²) in [6.45, 7) is 33.7. The van der Waals surface area contributed by atoms with Crippen molar-refractivity contribution in [1.29, 1.82) is 0 Å². The average Bonchev–Trinajstić information content (AvgIpc) is 1.95. The summed E-state index contributed by atoms with van der Waals surface area (Å²) in [6.07, 6.45) is 13.6.